The summed E-state index contributed by atoms with van der Waals surface area (Å²) < 4.78 is 31.0. The van der Waals surface area contributed by atoms with Crippen LogP contribution in [0.25, 0.3) is 10.9 Å². The number of aromatic nitrogens is 2. The summed E-state index contributed by atoms with van der Waals surface area (Å²) >= 11 is 0. The number of nitrogens with zero attached hydrogens (tertiary/aromatic N) is 3. The molecule has 3 aromatic rings. The second-order valence-corrected chi connectivity index (χ2v) is 6.63. The first-order valence-electron chi connectivity index (χ1n) is 8.69. The Morgan fingerprint density at radius 1 is 1.28 bits per heavy atom. The minimum Gasteiger partial charge on any atom is -0.366 e. The molecule has 0 saturated heterocycles. The van der Waals surface area contributed by atoms with E-state index in [-0.39, 0.29) is 12.1 Å². The Morgan fingerprint density at radius 2 is 2.00 bits per heavy atom. The summed E-state index contributed by atoms with van der Waals surface area (Å²) in [5.41, 5.74) is 10.0. The zero-order chi connectivity index (χ0) is 21.3. The molecule has 10 heteroatoms. The number of primary amides is 1. The Labute approximate surface area is 165 Å². The van der Waals surface area contributed by atoms with Gasteiger partial charge in [-0.05, 0) is 37.1 Å². The Kier molecular flexibility index (Phi) is 5.21. The van der Waals surface area contributed by atoms with Gasteiger partial charge in [0.25, 0.3) is 0 Å². The van der Waals surface area contributed by atoms with Crippen LogP contribution >= 0.6 is 0 Å². The number of nitrogens with two attached hydrogens (primary N) is 3. The number of aryl methyl sites for hydroxylation is 1. The minimum atomic E-state index is -3.51. The SMILES string of the molecule is Cc1c(Cn2nc(C)c3ccc(C(F)(F)/C(=N/N)NN)cc32)cccc1C(N)=O. The van der Waals surface area contributed by atoms with Crippen LogP contribution in [0, 0.1) is 13.8 Å². The number of fused-ring (bicyclic) bond motifs is 1. The molecule has 152 valence electrons. The molecule has 0 atom stereocenters. The number of alkyl halides is 2. The molecule has 0 aliphatic heterocycles. The molecule has 0 spiro atoms. The van der Waals surface area contributed by atoms with Crippen LogP contribution in [0.4, 0.5) is 8.78 Å². The number of hydrogen-bond donors (Lipinski definition) is 4. The number of amides is 1. The predicted molar refractivity (Wildman–Crippen MR) is 106 cm³/mol. The molecule has 0 unspecified atom stereocenters. The van der Waals surface area contributed by atoms with Crippen molar-refractivity contribution < 1.29 is 13.6 Å². The lowest BCUT2D eigenvalue weighted by Gasteiger charge is -2.18. The fourth-order valence-electron chi connectivity index (χ4n) is 3.28. The topological polar surface area (TPSA) is 137 Å². The van der Waals surface area contributed by atoms with Crippen LogP contribution < -0.4 is 22.8 Å². The summed E-state index contributed by atoms with van der Waals surface area (Å²) in [5, 5.41) is 8.22. The molecule has 3 rings (SSSR count). The van der Waals surface area contributed by atoms with Gasteiger partial charge < -0.3 is 17.0 Å². The van der Waals surface area contributed by atoms with E-state index in [0.29, 0.717) is 22.3 Å². The summed E-state index contributed by atoms with van der Waals surface area (Å²) in [6.07, 6.45) is 0. The van der Waals surface area contributed by atoms with Crippen LogP contribution in [-0.2, 0) is 12.5 Å². The van der Waals surface area contributed by atoms with Crippen LogP contribution in [0.1, 0.15) is 32.7 Å². The molecule has 0 aliphatic carbocycles. The third-order valence-electron chi connectivity index (χ3n) is 4.89. The van der Waals surface area contributed by atoms with Crippen molar-refractivity contribution in [3.8, 4) is 0 Å². The van der Waals surface area contributed by atoms with Crippen LogP contribution in [0.3, 0.4) is 0 Å². The first-order valence-corrected chi connectivity index (χ1v) is 8.69. The number of carbonyl (C=O) groups excluding carboxylic acids is 1. The average Bonchev–Trinajstić information content (AvgIpc) is 2.99. The lowest BCUT2D eigenvalue weighted by molar-refractivity contribution is 0.0714. The van der Waals surface area contributed by atoms with Crippen LogP contribution in [0.15, 0.2) is 41.5 Å². The van der Waals surface area contributed by atoms with E-state index in [1.807, 2.05) is 11.5 Å². The van der Waals surface area contributed by atoms with Gasteiger partial charge in [0, 0.05) is 16.5 Å². The second-order valence-electron chi connectivity index (χ2n) is 6.63. The molecule has 0 saturated carbocycles. The van der Waals surface area contributed by atoms with Crippen molar-refractivity contribution >= 4 is 22.6 Å². The molecule has 8 nitrogen and oxygen atoms in total. The molecule has 0 aliphatic rings. The van der Waals surface area contributed by atoms with Gasteiger partial charge in [-0.2, -0.15) is 19.0 Å². The van der Waals surface area contributed by atoms with Crippen molar-refractivity contribution in [2.24, 2.45) is 22.5 Å². The summed E-state index contributed by atoms with van der Waals surface area (Å²) in [6.45, 7) is 3.85. The molecule has 7 N–H and O–H groups in total. The summed E-state index contributed by atoms with van der Waals surface area (Å²) in [4.78, 5) is 11.6. The highest BCUT2D eigenvalue weighted by Crippen LogP contribution is 2.32. The zero-order valence-electron chi connectivity index (χ0n) is 15.9. The van der Waals surface area contributed by atoms with Gasteiger partial charge in [-0.25, -0.2) is 5.84 Å². The van der Waals surface area contributed by atoms with Gasteiger partial charge in [0.15, 0.2) is 0 Å². The van der Waals surface area contributed by atoms with Crippen LogP contribution in [0.5, 0.6) is 0 Å². The smallest absolute Gasteiger partial charge is 0.332 e. The lowest BCUT2D eigenvalue weighted by Crippen LogP contribution is -2.43. The molecule has 2 aromatic carbocycles. The number of nitrogens with one attached hydrogen (secondary N) is 1. The minimum absolute atomic E-state index is 0.277. The number of hydrazone groups is 1. The third-order valence-corrected chi connectivity index (χ3v) is 4.89. The molecule has 29 heavy (non-hydrogen) atoms. The largest absolute Gasteiger partial charge is 0.366 e. The standard InChI is InChI=1S/C19H21F2N7O/c1-10-12(4-3-5-14(10)17(22)29)9-28-16-8-13(6-7-15(16)11(2)27-28)19(20,21)18(25-23)26-24/h3-8H,9,23-24H2,1-2H3,(H2,22,29)(H,25,26). The number of rotatable bonds is 5. The summed E-state index contributed by atoms with van der Waals surface area (Å²) in [5.74, 6) is 5.24. The fraction of sp³-hybridized carbons (Fsp3) is 0.211. The number of benzene rings is 2. The van der Waals surface area contributed by atoms with E-state index in [9.17, 15) is 13.6 Å². The number of amidine groups is 1. The van der Waals surface area contributed by atoms with E-state index in [1.165, 1.54) is 12.1 Å². The Bertz CT molecular complexity index is 1120. The van der Waals surface area contributed by atoms with E-state index in [2.05, 4.69) is 10.2 Å². The molecule has 0 fully saturated rings. The van der Waals surface area contributed by atoms with Gasteiger partial charge in [-0.15, -0.1) is 0 Å². The van der Waals surface area contributed by atoms with E-state index in [0.717, 1.165) is 10.9 Å². The molecular formula is C19H21F2N7O. The van der Waals surface area contributed by atoms with Gasteiger partial charge in [0.1, 0.15) is 0 Å². The maximum absolute atomic E-state index is 14.7. The summed E-state index contributed by atoms with van der Waals surface area (Å²) in [7, 11) is 0. The highest BCUT2D eigenvalue weighted by molar-refractivity contribution is 5.94. The van der Waals surface area contributed by atoms with Gasteiger partial charge in [-0.3, -0.25) is 9.48 Å². The van der Waals surface area contributed by atoms with Crippen LogP contribution in [0.2, 0.25) is 0 Å². The number of hydrazine groups is 1. The van der Waals surface area contributed by atoms with Gasteiger partial charge in [0.2, 0.25) is 11.7 Å². The normalized spacial score (nSPS) is 12.4. The van der Waals surface area contributed by atoms with E-state index in [4.69, 9.17) is 17.4 Å². The predicted octanol–water partition coefficient (Wildman–Crippen LogP) is 1.63. The third kappa shape index (κ3) is 3.49. The Morgan fingerprint density at radius 3 is 2.62 bits per heavy atom. The highest BCUT2D eigenvalue weighted by Gasteiger charge is 2.39. The number of carbonyl (C=O) groups is 1. The monoisotopic (exact) mass is 401 g/mol. The maximum Gasteiger partial charge on any atom is 0.332 e. The first-order chi connectivity index (χ1) is 13.7. The average molecular weight is 401 g/mol. The number of halogens is 2. The molecular weight excluding hydrogens is 380 g/mol. The van der Waals surface area contributed by atoms with Crippen molar-refractivity contribution in [2.45, 2.75) is 26.3 Å². The van der Waals surface area contributed by atoms with E-state index >= 15 is 0 Å². The summed E-state index contributed by atoms with van der Waals surface area (Å²) in [6, 6.07) is 9.36. The molecule has 1 amide bonds. The van der Waals surface area contributed by atoms with Crippen molar-refractivity contribution in [2.75, 3.05) is 0 Å². The first kappa shape index (κ1) is 20.2. The van der Waals surface area contributed by atoms with E-state index < -0.39 is 17.7 Å². The maximum atomic E-state index is 14.7. The lowest BCUT2D eigenvalue weighted by atomic mass is 10.0. The van der Waals surface area contributed by atoms with Crippen molar-refractivity contribution in [3.63, 3.8) is 0 Å². The molecule has 0 radical (unpaired) electrons. The molecule has 0 bridgehead atoms. The highest BCUT2D eigenvalue weighted by atomic mass is 19.3. The van der Waals surface area contributed by atoms with Crippen molar-refractivity contribution in [1.29, 1.82) is 0 Å². The zero-order valence-corrected chi connectivity index (χ0v) is 15.9. The number of hydrogen-bond acceptors (Lipinski definition) is 5. The fourth-order valence-corrected chi connectivity index (χ4v) is 3.28. The van der Waals surface area contributed by atoms with Crippen LogP contribution in [-0.4, -0.2) is 21.5 Å². The Balaban J connectivity index is 2.11. The van der Waals surface area contributed by atoms with Gasteiger partial charge in [-0.1, -0.05) is 24.3 Å². The van der Waals surface area contributed by atoms with Crippen molar-refractivity contribution in [1.82, 2.24) is 15.2 Å². The molecule has 1 aromatic heterocycles. The quantitative estimate of drug-likeness (QED) is 0.223. The van der Waals surface area contributed by atoms with Gasteiger partial charge >= 0.3 is 5.92 Å². The Hall–Kier alpha value is -3.53. The second kappa shape index (κ2) is 7.47. The van der Waals surface area contributed by atoms with Crippen molar-refractivity contribution in [3.05, 3.63) is 64.3 Å². The van der Waals surface area contributed by atoms with Gasteiger partial charge in [0.05, 0.1) is 17.8 Å². The molecule has 1 heterocycles. The van der Waals surface area contributed by atoms with E-state index in [1.54, 1.807) is 36.7 Å².